The molecular formula is C24H29F5OSi. The van der Waals surface area contributed by atoms with Gasteiger partial charge in [-0.1, -0.05) is 68.6 Å². The number of halogens is 5. The summed E-state index contributed by atoms with van der Waals surface area (Å²) in [5.74, 6) is -2.75. The lowest BCUT2D eigenvalue weighted by Crippen LogP contribution is -2.20. The summed E-state index contributed by atoms with van der Waals surface area (Å²) in [6, 6.07) is 13.9. The summed E-state index contributed by atoms with van der Waals surface area (Å²) in [6.45, 7) is 0.500. The molecule has 1 saturated heterocycles. The number of hydrogen-bond donors (Lipinski definition) is 0. The fourth-order valence-corrected chi connectivity index (χ4v) is 7.91. The van der Waals surface area contributed by atoms with Crippen LogP contribution in [0.5, 0.6) is 5.75 Å². The third-order valence-corrected chi connectivity index (χ3v) is 9.68. The lowest BCUT2D eigenvalue weighted by Gasteiger charge is -2.28. The molecule has 0 saturated carbocycles. The minimum Gasteiger partial charge on any atom is -0.478 e. The molecule has 1 aliphatic rings. The van der Waals surface area contributed by atoms with Crippen molar-refractivity contribution in [3.8, 4) is 16.9 Å². The Hall–Kier alpha value is -1.89. The molecule has 0 atom stereocenters. The van der Waals surface area contributed by atoms with Crippen molar-refractivity contribution in [2.75, 3.05) is 6.61 Å². The average molecular weight is 457 g/mol. The van der Waals surface area contributed by atoms with Crippen LogP contribution < -0.4 is 4.74 Å². The van der Waals surface area contributed by atoms with Crippen LogP contribution in [0, 0.1) is 11.6 Å². The van der Waals surface area contributed by atoms with Crippen LogP contribution in [0.15, 0.2) is 36.4 Å². The molecule has 7 heteroatoms. The zero-order chi connectivity index (χ0) is 22.4. The predicted octanol–water partition coefficient (Wildman–Crippen LogP) is 7.87. The van der Waals surface area contributed by atoms with Gasteiger partial charge >= 0.3 is 6.18 Å². The molecule has 1 aliphatic heterocycles. The van der Waals surface area contributed by atoms with E-state index in [4.69, 9.17) is 0 Å². The van der Waals surface area contributed by atoms with E-state index in [9.17, 15) is 22.0 Å². The Morgan fingerprint density at radius 3 is 2.10 bits per heavy atom. The van der Waals surface area contributed by atoms with Crippen molar-refractivity contribution in [3.63, 3.8) is 0 Å². The first-order chi connectivity index (χ1) is 14.8. The van der Waals surface area contributed by atoms with Gasteiger partial charge in [-0.2, -0.15) is 13.2 Å². The van der Waals surface area contributed by atoms with Gasteiger partial charge < -0.3 is 4.74 Å². The van der Waals surface area contributed by atoms with Crippen LogP contribution >= 0.6 is 0 Å². The average Bonchev–Trinajstić information content (AvgIpc) is 2.73. The largest absolute Gasteiger partial charge is 0.478 e. The summed E-state index contributed by atoms with van der Waals surface area (Å²) in [6.07, 6.45) is 1.76. The van der Waals surface area contributed by atoms with Crippen LogP contribution in [-0.2, 0) is 0 Å². The summed E-state index contributed by atoms with van der Waals surface area (Å²) in [7, 11) is -0.578. The van der Waals surface area contributed by atoms with Crippen LogP contribution in [0.1, 0.15) is 50.5 Å². The normalized spacial score (nSPS) is 19.4. The Balaban J connectivity index is 1.63. The number of benzene rings is 2. The summed E-state index contributed by atoms with van der Waals surface area (Å²) >= 11 is 0. The van der Waals surface area contributed by atoms with Crippen molar-refractivity contribution in [3.05, 3.63) is 53.6 Å². The highest BCUT2D eigenvalue weighted by molar-refractivity contribution is 6.59. The first kappa shape index (κ1) is 23.8. The van der Waals surface area contributed by atoms with Crippen LogP contribution in [0.25, 0.3) is 11.1 Å². The molecular weight excluding hydrogens is 427 g/mol. The van der Waals surface area contributed by atoms with Crippen LogP contribution in [-0.4, -0.2) is 21.6 Å². The summed E-state index contributed by atoms with van der Waals surface area (Å²) in [4.78, 5) is 0. The smallest absolute Gasteiger partial charge is 0.422 e. The number of unbranched alkanes of at least 4 members (excludes halogenated alkanes) is 2. The van der Waals surface area contributed by atoms with Gasteiger partial charge in [-0.3, -0.25) is 0 Å². The Morgan fingerprint density at radius 1 is 0.935 bits per heavy atom. The quantitative estimate of drug-likeness (QED) is 0.223. The second kappa shape index (κ2) is 10.6. The predicted molar refractivity (Wildman–Crippen MR) is 116 cm³/mol. The van der Waals surface area contributed by atoms with Crippen LogP contribution in [0.2, 0.25) is 18.1 Å². The zero-order valence-electron chi connectivity index (χ0n) is 17.8. The first-order valence-corrected chi connectivity index (χ1v) is 13.5. The van der Waals surface area contributed by atoms with Gasteiger partial charge in [-0.05, 0) is 47.6 Å². The molecule has 0 aromatic heterocycles. The minimum atomic E-state index is -4.66. The standard InChI is InChI=1S/C24H29F5OSi/c1-2-3-4-11-31-12-9-19(10-13-31)17-5-7-18(8-6-17)20-14-21(25)23(22(26)15-20)30-16-24(27,28)29/h5-8,14-15,19,31H,2-4,9-13,16H2,1H3/t19-,31-. The van der Waals surface area contributed by atoms with E-state index >= 15 is 0 Å². The van der Waals surface area contributed by atoms with E-state index in [1.54, 1.807) is 0 Å². The van der Waals surface area contributed by atoms with Crippen LogP contribution in [0.4, 0.5) is 22.0 Å². The Morgan fingerprint density at radius 2 is 1.55 bits per heavy atom. The second-order valence-electron chi connectivity index (χ2n) is 8.51. The summed E-state index contributed by atoms with van der Waals surface area (Å²) < 4.78 is 69.4. The van der Waals surface area contributed by atoms with Gasteiger partial charge in [0.05, 0.1) is 0 Å². The third kappa shape index (κ3) is 6.79. The highest BCUT2D eigenvalue weighted by Gasteiger charge is 2.30. The van der Waals surface area contributed by atoms with Crippen molar-refractivity contribution < 1.29 is 26.7 Å². The topological polar surface area (TPSA) is 9.23 Å². The van der Waals surface area contributed by atoms with E-state index in [0.29, 0.717) is 11.5 Å². The molecule has 0 radical (unpaired) electrons. The van der Waals surface area contributed by atoms with Gasteiger partial charge in [-0.15, -0.1) is 0 Å². The van der Waals surface area contributed by atoms with Gasteiger partial charge in [0, 0.05) is 8.80 Å². The summed E-state index contributed by atoms with van der Waals surface area (Å²) in [5.41, 5.74) is 2.13. The molecule has 0 bridgehead atoms. The molecule has 1 fully saturated rings. The molecule has 3 rings (SSSR count). The lowest BCUT2D eigenvalue weighted by atomic mass is 9.92. The van der Waals surface area contributed by atoms with Crippen molar-refractivity contribution in [2.45, 2.75) is 69.3 Å². The van der Waals surface area contributed by atoms with Crippen LogP contribution in [0.3, 0.4) is 0 Å². The fourth-order valence-electron chi connectivity index (χ4n) is 4.43. The van der Waals surface area contributed by atoms with E-state index < -0.39 is 39.0 Å². The van der Waals surface area contributed by atoms with Crippen molar-refractivity contribution in [1.29, 1.82) is 0 Å². The Kier molecular flexibility index (Phi) is 8.14. The molecule has 0 N–H and O–H groups in total. The van der Waals surface area contributed by atoms with E-state index in [2.05, 4.69) is 11.7 Å². The van der Waals surface area contributed by atoms with Gasteiger partial charge in [-0.25, -0.2) is 8.78 Å². The molecule has 0 aliphatic carbocycles. The molecule has 31 heavy (non-hydrogen) atoms. The third-order valence-electron chi connectivity index (χ3n) is 6.16. The number of alkyl halides is 3. The Bertz CT molecular complexity index is 819. The van der Waals surface area contributed by atoms with Crippen molar-refractivity contribution in [2.24, 2.45) is 0 Å². The lowest BCUT2D eigenvalue weighted by molar-refractivity contribution is -0.154. The summed E-state index contributed by atoms with van der Waals surface area (Å²) in [5, 5.41) is 0. The van der Waals surface area contributed by atoms with Crippen molar-refractivity contribution >= 4 is 8.80 Å². The minimum absolute atomic E-state index is 0.271. The first-order valence-electron chi connectivity index (χ1n) is 11.1. The maximum Gasteiger partial charge on any atom is 0.422 e. The van der Waals surface area contributed by atoms with E-state index in [1.165, 1.54) is 55.8 Å². The molecule has 0 unspecified atom stereocenters. The van der Waals surface area contributed by atoms with E-state index in [1.807, 2.05) is 24.3 Å². The second-order valence-corrected chi connectivity index (χ2v) is 12.0. The number of rotatable bonds is 8. The maximum absolute atomic E-state index is 14.2. The number of ether oxygens (including phenoxy) is 1. The SMILES string of the molecule is CCCCC[Si@H]1CC[C@H](c2ccc(-c3cc(F)c(OCC(F)(F)F)c(F)c3)cc2)CC1. The molecule has 1 heterocycles. The molecule has 0 spiro atoms. The molecule has 170 valence electrons. The molecule has 1 nitrogen and oxygen atoms in total. The highest BCUT2D eigenvalue weighted by Crippen LogP contribution is 2.36. The number of hydrogen-bond acceptors (Lipinski definition) is 1. The highest BCUT2D eigenvalue weighted by atomic mass is 28.3. The monoisotopic (exact) mass is 456 g/mol. The van der Waals surface area contributed by atoms with Gasteiger partial charge in [0.2, 0.25) is 0 Å². The van der Waals surface area contributed by atoms with E-state index in [0.717, 1.165) is 12.1 Å². The molecule has 2 aromatic carbocycles. The van der Waals surface area contributed by atoms with Gasteiger partial charge in [0.25, 0.3) is 0 Å². The Labute approximate surface area is 182 Å². The molecule has 2 aromatic rings. The van der Waals surface area contributed by atoms with E-state index in [-0.39, 0.29) is 5.56 Å². The van der Waals surface area contributed by atoms with Gasteiger partial charge in [0.15, 0.2) is 24.0 Å². The van der Waals surface area contributed by atoms with Gasteiger partial charge in [0.1, 0.15) is 0 Å². The van der Waals surface area contributed by atoms with Crippen molar-refractivity contribution in [1.82, 2.24) is 0 Å². The molecule has 0 amide bonds. The fraction of sp³-hybridized carbons (Fsp3) is 0.500. The zero-order valence-corrected chi connectivity index (χ0v) is 18.9. The maximum atomic E-state index is 14.2.